The second-order valence-electron chi connectivity index (χ2n) is 13.8. The fourth-order valence-electron chi connectivity index (χ4n) is 5.71. The van der Waals surface area contributed by atoms with Crippen molar-refractivity contribution in [2.45, 2.75) is 96.0 Å². The van der Waals surface area contributed by atoms with E-state index in [9.17, 15) is 19.5 Å². The fourth-order valence-corrected chi connectivity index (χ4v) is 6.02. The number of alkyl carbamates (subject to hydrolysis) is 1. The molecule has 0 aliphatic carbocycles. The number of hydrogen-bond donors (Lipinski definition) is 2. The summed E-state index contributed by atoms with van der Waals surface area (Å²) in [7, 11) is 8.02. The molecule has 0 saturated carbocycles. The Bertz CT molecular complexity index is 1380. The molecule has 0 aromatic heterocycles. The van der Waals surface area contributed by atoms with Gasteiger partial charge in [0.15, 0.2) is 5.72 Å². The van der Waals surface area contributed by atoms with Crippen LogP contribution in [-0.2, 0) is 35.0 Å². The summed E-state index contributed by atoms with van der Waals surface area (Å²) in [6.45, 7) is 10.2. The van der Waals surface area contributed by atoms with Crippen LogP contribution >= 0.6 is 11.6 Å². The number of nitrogens with one attached hydrogen (secondary N) is 1. The van der Waals surface area contributed by atoms with E-state index in [0.29, 0.717) is 17.9 Å². The van der Waals surface area contributed by atoms with Gasteiger partial charge >= 0.3 is 12.1 Å². The Morgan fingerprint density at radius 1 is 1.23 bits per heavy atom. The Hall–Kier alpha value is -3.16. The summed E-state index contributed by atoms with van der Waals surface area (Å²) in [5.41, 5.74) is -0.568. The lowest BCUT2D eigenvalue weighted by Crippen LogP contribution is -2.62. The maximum Gasteiger partial charge on any atom is 0.409 e. The molecular formula is C35H52ClN3O9. The van der Waals surface area contributed by atoms with Crippen molar-refractivity contribution in [3.05, 3.63) is 46.5 Å². The standard InChI is InChI=1S/C31H42ClN3O9.C4H10/c1-18-9-8-10-23(41-7)31(39)16-20(42-29(38)33-31)14-25-30(2,44-25)24(43-27(37)17-34(3)4)15-26(36)35(5)21-12-19(11-18)13-22(40-6)28(21)32;1-4(2)3/h8-10,12-13,20,23-25,39H,11,14-17H2,1-7H3,(H,33,38);4H,1-3H3/b10-8+,18-9+;/t20?,23-,24+,25?,30+,31+;/m1./s1. The molecule has 48 heavy (non-hydrogen) atoms. The van der Waals surface area contributed by atoms with E-state index < -0.39 is 47.8 Å². The number of anilines is 1. The second-order valence-corrected chi connectivity index (χ2v) is 14.2. The van der Waals surface area contributed by atoms with Crippen molar-refractivity contribution in [2.75, 3.05) is 46.8 Å². The van der Waals surface area contributed by atoms with Crippen molar-refractivity contribution in [2.24, 2.45) is 5.92 Å². The van der Waals surface area contributed by atoms with Crippen LogP contribution in [-0.4, -0.2) is 106 Å². The predicted octanol–water partition coefficient (Wildman–Crippen LogP) is 4.65. The molecule has 2 amide bonds. The highest BCUT2D eigenvalue weighted by atomic mass is 35.5. The first-order valence-corrected chi connectivity index (χ1v) is 16.5. The quantitative estimate of drug-likeness (QED) is 0.331. The summed E-state index contributed by atoms with van der Waals surface area (Å²) in [6.07, 6.45) is 1.88. The van der Waals surface area contributed by atoms with Gasteiger partial charge in [-0.2, -0.15) is 0 Å². The first-order valence-electron chi connectivity index (χ1n) is 16.1. The number of methoxy groups -OCH3 is 2. The van der Waals surface area contributed by atoms with Gasteiger partial charge in [0.05, 0.1) is 31.9 Å². The Morgan fingerprint density at radius 2 is 1.90 bits per heavy atom. The van der Waals surface area contributed by atoms with Crippen LogP contribution in [0.5, 0.6) is 5.75 Å². The molecule has 1 aromatic rings. The molecule has 2 saturated heterocycles. The Kier molecular flexibility index (Phi) is 13.5. The summed E-state index contributed by atoms with van der Waals surface area (Å²) in [6, 6.07) is 3.63. The lowest BCUT2D eigenvalue weighted by atomic mass is 9.90. The number of aliphatic hydroxyl groups is 1. The van der Waals surface area contributed by atoms with Crippen molar-refractivity contribution in [1.82, 2.24) is 10.2 Å². The van der Waals surface area contributed by atoms with Crippen LogP contribution in [0.4, 0.5) is 10.5 Å². The number of amides is 2. The van der Waals surface area contributed by atoms with Gasteiger partial charge in [0.2, 0.25) is 5.91 Å². The summed E-state index contributed by atoms with van der Waals surface area (Å²) in [5.74, 6) is 0.359. The molecular weight excluding hydrogens is 642 g/mol. The Morgan fingerprint density at radius 3 is 2.50 bits per heavy atom. The van der Waals surface area contributed by atoms with Crippen LogP contribution in [0.1, 0.15) is 59.4 Å². The van der Waals surface area contributed by atoms with Gasteiger partial charge in [0.25, 0.3) is 0 Å². The van der Waals surface area contributed by atoms with Gasteiger partial charge in [-0.25, -0.2) is 4.79 Å². The topological polar surface area (TPSA) is 139 Å². The molecule has 3 aliphatic heterocycles. The van der Waals surface area contributed by atoms with Gasteiger partial charge in [0.1, 0.15) is 34.7 Å². The van der Waals surface area contributed by atoms with Crippen LogP contribution in [0.25, 0.3) is 0 Å². The molecule has 2 unspecified atom stereocenters. The fraction of sp³-hybridized carbons (Fsp3) is 0.629. The highest BCUT2D eigenvalue weighted by molar-refractivity contribution is 6.35. The smallest absolute Gasteiger partial charge is 0.409 e. The number of rotatable bonds is 5. The Labute approximate surface area is 289 Å². The maximum absolute atomic E-state index is 13.7. The van der Waals surface area contributed by atoms with E-state index in [1.54, 1.807) is 45.1 Å². The van der Waals surface area contributed by atoms with Crippen LogP contribution < -0.4 is 15.0 Å². The van der Waals surface area contributed by atoms with E-state index in [1.807, 2.05) is 25.1 Å². The number of benzene rings is 1. The van der Waals surface area contributed by atoms with Crippen LogP contribution in [0.2, 0.25) is 5.02 Å². The molecule has 1 aromatic carbocycles. The minimum absolute atomic E-state index is 0.00405. The molecule has 2 N–H and O–H groups in total. The number of nitrogens with zero attached hydrogens (tertiary/aromatic N) is 2. The largest absolute Gasteiger partial charge is 0.495 e. The number of esters is 1. The zero-order valence-corrected chi connectivity index (χ0v) is 30.6. The van der Waals surface area contributed by atoms with Gasteiger partial charge in [-0.05, 0) is 58.0 Å². The van der Waals surface area contributed by atoms with Gasteiger partial charge in [-0.1, -0.05) is 56.2 Å². The molecule has 0 radical (unpaired) electrons. The van der Waals surface area contributed by atoms with E-state index in [-0.39, 0.29) is 36.7 Å². The molecule has 268 valence electrons. The van der Waals surface area contributed by atoms with E-state index >= 15 is 0 Å². The summed E-state index contributed by atoms with van der Waals surface area (Å²) >= 11 is 6.67. The number of ether oxygens (including phenoxy) is 5. The molecule has 12 nitrogen and oxygen atoms in total. The zero-order chi connectivity index (χ0) is 36.0. The molecule has 4 rings (SSSR count). The highest BCUT2D eigenvalue weighted by Crippen LogP contribution is 2.46. The lowest BCUT2D eigenvalue weighted by Gasteiger charge is -2.40. The molecule has 13 heteroatoms. The first-order chi connectivity index (χ1) is 22.4. The number of epoxide rings is 1. The normalized spacial score (nSPS) is 31.0. The van der Waals surface area contributed by atoms with Crippen LogP contribution in [0, 0.1) is 5.92 Å². The number of carbonyl (C=O) groups excluding carboxylic acids is 3. The van der Waals surface area contributed by atoms with Gasteiger partial charge in [-0.3, -0.25) is 19.8 Å². The predicted molar refractivity (Wildman–Crippen MR) is 183 cm³/mol. The van der Waals surface area contributed by atoms with E-state index in [1.165, 1.54) is 19.1 Å². The SMILES string of the molecule is CC(C)C.COc1cc2cc(c1Cl)N(C)C(=O)C[C@H](OC(=O)CN(C)C)[C@]1(C)OC1CC1C[C@@](O)(NC(=O)O1)[C@H](OC)/C=C/C=C(\C)C2. The molecule has 3 aliphatic rings. The summed E-state index contributed by atoms with van der Waals surface area (Å²) in [5, 5.41) is 14.2. The van der Waals surface area contributed by atoms with Gasteiger partial charge in [-0.15, -0.1) is 0 Å². The van der Waals surface area contributed by atoms with Crippen molar-refractivity contribution < 1.29 is 43.2 Å². The lowest BCUT2D eigenvalue weighted by molar-refractivity contribution is -0.154. The van der Waals surface area contributed by atoms with Crippen molar-refractivity contribution >= 4 is 35.3 Å². The third-order valence-corrected chi connectivity index (χ3v) is 8.59. The van der Waals surface area contributed by atoms with E-state index in [4.69, 9.17) is 35.3 Å². The molecule has 6 atom stereocenters. The minimum atomic E-state index is -1.75. The van der Waals surface area contributed by atoms with Gasteiger partial charge in [0, 0.05) is 27.0 Å². The third-order valence-electron chi connectivity index (χ3n) is 8.21. The summed E-state index contributed by atoms with van der Waals surface area (Å²) < 4.78 is 28.5. The number of fused-ring (bicyclic) bond motifs is 5. The van der Waals surface area contributed by atoms with Gasteiger partial charge < -0.3 is 33.7 Å². The van der Waals surface area contributed by atoms with E-state index in [2.05, 4.69) is 26.1 Å². The second kappa shape index (κ2) is 16.5. The van der Waals surface area contributed by atoms with Crippen molar-refractivity contribution in [3.8, 4) is 5.75 Å². The molecule has 2 fully saturated rings. The number of likely N-dealkylation sites (N-methyl/N-ethyl adjacent to an activating group) is 1. The monoisotopic (exact) mass is 693 g/mol. The average Bonchev–Trinajstić information content (AvgIpc) is 3.63. The average molecular weight is 694 g/mol. The van der Waals surface area contributed by atoms with Crippen molar-refractivity contribution in [1.29, 1.82) is 0 Å². The number of carbonyl (C=O) groups is 3. The number of allylic oxidation sites excluding steroid dienone is 3. The first kappa shape index (κ1) is 39.3. The van der Waals surface area contributed by atoms with E-state index in [0.717, 1.165) is 17.1 Å². The third kappa shape index (κ3) is 10.2. The van der Waals surface area contributed by atoms with Crippen LogP contribution in [0.15, 0.2) is 35.9 Å². The maximum atomic E-state index is 13.7. The van der Waals surface area contributed by atoms with Crippen LogP contribution in [0.3, 0.4) is 0 Å². The summed E-state index contributed by atoms with van der Waals surface area (Å²) in [4.78, 5) is 42.2. The number of hydrogen-bond acceptors (Lipinski definition) is 10. The molecule has 4 bridgehead atoms. The minimum Gasteiger partial charge on any atom is -0.495 e. The molecule has 0 spiro atoms. The zero-order valence-electron chi connectivity index (χ0n) is 29.8. The molecule has 3 heterocycles. The van der Waals surface area contributed by atoms with Crippen molar-refractivity contribution in [3.63, 3.8) is 0 Å². The Balaban J connectivity index is 0.00000148. The highest BCUT2D eigenvalue weighted by Gasteiger charge is 2.61. The number of halogens is 1.